The third kappa shape index (κ3) is 1.54. The van der Waals surface area contributed by atoms with E-state index in [2.05, 4.69) is 6.08 Å². The molecule has 7 heavy (non-hydrogen) atoms. The van der Waals surface area contributed by atoms with Crippen LogP contribution >= 0.6 is 0 Å². The van der Waals surface area contributed by atoms with Gasteiger partial charge in [0.25, 0.3) is 0 Å². The topological polar surface area (TPSA) is 0 Å². The molecule has 0 saturated carbocycles. The predicted octanol–water partition coefficient (Wildman–Crippen LogP) is 1.68. The molecule has 0 aromatic rings. The van der Waals surface area contributed by atoms with Gasteiger partial charge in [-0.05, 0) is 0 Å². The molecule has 1 radical (unpaired) electrons. The SMILES string of the molecule is [Po][CH2]C1=CCCC1. The number of hydrogen-bond donors (Lipinski definition) is 0. The van der Waals surface area contributed by atoms with Gasteiger partial charge in [-0.2, -0.15) is 0 Å². The summed E-state index contributed by atoms with van der Waals surface area (Å²) in [4.78, 5) is 0. The molecule has 0 aromatic heterocycles. The van der Waals surface area contributed by atoms with Crippen molar-refractivity contribution in [2.24, 2.45) is 0 Å². The van der Waals surface area contributed by atoms with Gasteiger partial charge >= 0.3 is 60.1 Å². The Morgan fingerprint density at radius 2 is 2.57 bits per heavy atom. The molecule has 0 aromatic carbocycles. The summed E-state index contributed by atoms with van der Waals surface area (Å²) < 4.78 is 1.36. The van der Waals surface area contributed by atoms with Crippen LogP contribution in [0.1, 0.15) is 19.3 Å². The van der Waals surface area contributed by atoms with Crippen LogP contribution in [0.4, 0.5) is 0 Å². The van der Waals surface area contributed by atoms with Crippen molar-refractivity contribution < 1.29 is 0 Å². The first-order chi connectivity index (χ1) is 3.43. The van der Waals surface area contributed by atoms with Crippen molar-refractivity contribution in [2.75, 3.05) is 0 Å². The van der Waals surface area contributed by atoms with Gasteiger partial charge in [0.05, 0.1) is 0 Å². The summed E-state index contributed by atoms with van der Waals surface area (Å²) in [5.74, 6) is 0. The van der Waals surface area contributed by atoms with Crippen LogP contribution in [0.5, 0.6) is 0 Å². The van der Waals surface area contributed by atoms with E-state index in [9.17, 15) is 0 Å². The number of rotatable bonds is 1. The summed E-state index contributed by atoms with van der Waals surface area (Å²) in [5.41, 5.74) is 1.70. The predicted molar refractivity (Wildman–Crippen MR) is 32.5 cm³/mol. The number of hydrogen-bond acceptors (Lipinski definition) is 0. The number of allylic oxidation sites excluding steroid dienone is 2. The second-order valence-corrected chi connectivity index (χ2v) is 3.02. The molecule has 1 aliphatic rings. The summed E-state index contributed by atoms with van der Waals surface area (Å²) >= 11 is 1.71. The van der Waals surface area contributed by atoms with E-state index in [0.717, 1.165) is 0 Å². The van der Waals surface area contributed by atoms with Crippen LogP contribution in [0.3, 0.4) is 0 Å². The first-order valence-electron chi connectivity index (χ1n) is 2.69. The fraction of sp³-hybridized carbons (Fsp3) is 0.667. The molecular weight excluding hydrogens is 281 g/mol. The van der Waals surface area contributed by atoms with E-state index in [4.69, 9.17) is 0 Å². The Morgan fingerprint density at radius 3 is 2.86 bits per heavy atom. The van der Waals surface area contributed by atoms with Gasteiger partial charge in [0.2, 0.25) is 0 Å². The van der Waals surface area contributed by atoms with Crippen LogP contribution in [0.2, 0.25) is 4.08 Å². The van der Waals surface area contributed by atoms with Crippen molar-refractivity contribution >= 4 is 25.1 Å². The third-order valence-corrected chi connectivity index (χ3v) is 2.76. The molecule has 1 aliphatic carbocycles. The second kappa shape index (κ2) is 2.83. The van der Waals surface area contributed by atoms with Crippen LogP contribution in [-0.2, 0) is 0 Å². The summed E-state index contributed by atoms with van der Waals surface area (Å²) in [5, 5.41) is 0. The normalized spacial score (nSPS) is 19.9. The fourth-order valence-electron chi connectivity index (χ4n) is 0.868. The van der Waals surface area contributed by atoms with Gasteiger partial charge < -0.3 is 0 Å². The average molecular weight is 290 g/mol. The standard InChI is InChI=1S/C6H9.Po/c1-6-4-2-3-5-6;/h4H,1-3,5H2;. The van der Waals surface area contributed by atoms with Gasteiger partial charge in [-0.15, -0.1) is 0 Å². The zero-order valence-corrected chi connectivity index (χ0v) is 7.49. The van der Waals surface area contributed by atoms with E-state index < -0.39 is 0 Å². The average Bonchev–Trinajstić information content (AvgIpc) is 2.14. The van der Waals surface area contributed by atoms with E-state index >= 15 is 0 Å². The second-order valence-electron chi connectivity index (χ2n) is 1.90. The summed E-state index contributed by atoms with van der Waals surface area (Å²) in [7, 11) is 0. The Morgan fingerprint density at radius 1 is 1.71 bits per heavy atom. The molecule has 0 N–H and O–H groups in total. The third-order valence-electron chi connectivity index (χ3n) is 1.32. The van der Waals surface area contributed by atoms with Gasteiger partial charge in [0, 0.05) is 0 Å². The molecular formula is C6H9Po. The van der Waals surface area contributed by atoms with Crippen LogP contribution in [0.15, 0.2) is 11.6 Å². The van der Waals surface area contributed by atoms with E-state index in [0.29, 0.717) is 0 Å². The molecule has 0 atom stereocenters. The molecule has 0 unspecified atom stereocenters. The molecule has 0 fully saturated rings. The summed E-state index contributed by atoms with van der Waals surface area (Å²) in [6.07, 6.45) is 6.56. The van der Waals surface area contributed by atoms with Gasteiger partial charge in [-0.25, -0.2) is 0 Å². The maximum absolute atomic E-state index is 2.40. The Labute approximate surface area is 60.1 Å². The van der Waals surface area contributed by atoms with Crippen LogP contribution in [0.25, 0.3) is 0 Å². The molecule has 1 heteroatoms. The zero-order valence-electron chi connectivity index (χ0n) is 4.31. The van der Waals surface area contributed by atoms with E-state index in [1.165, 1.54) is 23.3 Å². The monoisotopic (exact) mass is 290 g/mol. The van der Waals surface area contributed by atoms with Crippen molar-refractivity contribution in [3.63, 3.8) is 0 Å². The fourth-order valence-corrected chi connectivity index (χ4v) is 1.89. The first-order valence-corrected chi connectivity index (χ1v) is 4.94. The van der Waals surface area contributed by atoms with E-state index in [1.54, 1.807) is 30.6 Å². The Hall–Kier alpha value is 0.636. The zero-order chi connectivity index (χ0) is 5.11. The van der Waals surface area contributed by atoms with Crippen LogP contribution in [-0.4, -0.2) is 25.1 Å². The summed E-state index contributed by atoms with van der Waals surface area (Å²) in [6.45, 7) is 0. The molecule has 0 nitrogen and oxygen atoms in total. The molecule has 0 spiro atoms. The molecule has 0 heterocycles. The Balaban J connectivity index is 2.36. The molecule has 1 rings (SSSR count). The van der Waals surface area contributed by atoms with Crippen molar-refractivity contribution in [1.82, 2.24) is 0 Å². The van der Waals surface area contributed by atoms with Crippen molar-refractivity contribution in [3.05, 3.63) is 11.6 Å². The maximum atomic E-state index is 2.40. The minimum atomic E-state index is 1.35. The van der Waals surface area contributed by atoms with Crippen molar-refractivity contribution in [2.45, 2.75) is 23.3 Å². The molecule has 0 aliphatic heterocycles. The molecule has 0 bridgehead atoms. The minimum absolute atomic E-state index is 1.35. The van der Waals surface area contributed by atoms with Crippen molar-refractivity contribution in [1.29, 1.82) is 0 Å². The Bertz CT molecular complexity index is 84.2. The quantitative estimate of drug-likeness (QED) is 0.645. The first kappa shape index (κ1) is 5.77. The van der Waals surface area contributed by atoms with Gasteiger partial charge in [0.1, 0.15) is 0 Å². The van der Waals surface area contributed by atoms with E-state index in [1.807, 2.05) is 0 Å². The van der Waals surface area contributed by atoms with Crippen molar-refractivity contribution in [3.8, 4) is 0 Å². The van der Waals surface area contributed by atoms with E-state index in [-0.39, 0.29) is 0 Å². The molecule has 0 amide bonds. The molecule has 0 saturated heterocycles. The van der Waals surface area contributed by atoms with Gasteiger partial charge in [-0.3, -0.25) is 0 Å². The Kier molecular flexibility index (Phi) is 2.33. The molecule has 39 valence electrons. The summed E-state index contributed by atoms with van der Waals surface area (Å²) in [6, 6.07) is 0. The van der Waals surface area contributed by atoms with Crippen LogP contribution < -0.4 is 0 Å². The van der Waals surface area contributed by atoms with Crippen LogP contribution in [0, 0.1) is 0 Å². The van der Waals surface area contributed by atoms with Gasteiger partial charge in [0.15, 0.2) is 0 Å². The van der Waals surface area contributed by atoms with Gasteiger partial charge in [-0.1, -0.05) is 0 Å².